The topological polar surface area (TPSA) is 25.8 Å². The Morgan fingerprint density at radius 1 is 0.711 bits per heavy atom. The van der Waals surface area contributed by atoms with Gasteiger partial charge in [-0.25, -0.2) is 0 Å². The van der Waals surface area contributed by atoms with E-state index >= 15 is 0 Å². The second-order valence-electron chi connectivity index (χ2n) is 11.9. The number of hydrogen-bond acceptors (Lipinski definition) is 2. The first-order chi connectivity index (χ1) is 22.3. The van der Waals surface area contributed by atoms with Crippen molar-refractivity contribution in [3.05, 3.63) is 163 Å². The molecule has 0 fully saturated rings. The summed E-state index contributed by atoms with van der Waals surface area (Å²) in [5.74, 6) is -0.630. The molecule has 0 N–H and O–H groups in total. The van der Waals surface area contributed by atoms with Crippen LogP contribution in [0.4, 0.5) is 0 Å². The average Bonchev–Trinajstić information content (AvgIpc) is 3.09. The van der Waals surface area contributed by atoms with Gasteiger partial charge in [-0.05, 0) is 46.0 Å². The van der Waals surface area contributed by atoms with Gasteiger partial charge in [-0.2, -0.15) is 0 Å². The van der Waals surface area contributed by atoms with Crippen LogP contribution in [0.3, 0.4) is 0 Å². The molecule has 1 radical (unpaired) electrons. The van der Waals surface area contributed by atoms with Crippen LogP contribution >= 0.6 is 0 Å². The Kier molecular flexibility index (Phi) is 10.5. The summed E-state index contributed by atoms with van der Waals surface area (Å²) < 4.78 is 25.8. The van der Waals surface area contributed by atoms with Crippen molar-refractivity contribution in [1.82, 2.24) is 9.97 Å². The molecule has 0 bridgehead atoms. The van der Waals surface area contributed by atoms with Crippen molar-refractivity contribution in [2.75, 3.05) is 0 Å². The maximum absolute atomic E-state index is 8.84. The van der Waals surface area contributed by atoms with Crippen LogP contribution in [-0.2, 0) is 26.5 Å². The van der Waals surface area contributed by atoms with Gasteiger partial charge in [-0.15, -0.1) is 71.3 Å². The van der Waals surface area contributed by atoms with Crippen LogP contribution in [0.5, 0.6) is 0 Å². The maximum atomic E-state index is 8.84. The quantitative estimate of drug-likeness (QED) is 0.119. The van der Waals surface area contributed by atoms with Gasteiger partial charge in [0, 0.05) is 36.6 Å². The molecule has 0 aliphatic heterocycles. The fraction of sp³-hybridized carbons (Fsp3) is 0.171. The van der Waals surface area contributed by atoms with Crippen molar-refractivity contribution in [2.45, 2.75) is 45.8 Å². The molecule has 0 spiro atoms. The SMILES string of the molecule is [2H]C(C)(C)c1ccnc(-c2[c-]ccc(-c3ccccc3)c2)c1.[2H]C([2H])(c1ccccc1)c1cc(-c2[c-]cccc2)ncc1[Si](C)(C)C.[Ir]. The summed E-state index contributed by atoms with van der Waals surface area (Å²) in [6.45, 7) is 10.4. The fourth-order valence-corrected chi connectivity index (χ4v) is 6.24. The Labute approximate surface area is 288 Å². The summed E-state index contributed by atoms with van der Waals surface area (Å²) in [4.78, 5) is 9.06. The third-order valence-electron chi connectivity index (χ3n) is 7.27. The molecule has 0 amide bonds. The van der Waals surface area contributed by atoms with Gasteiger partial charge in [-0.1, -0.05) is 117 Å². The zero-order valence-corrected chi connectivity index (χ0v) is 29.8. The molecule has 0 unspecified atom stereocenters. The molecule has 0 aliphatic rings. The molecule has 6 rings (SSSR count). The molecule has 0 saturated carbocycles. The van der Waals surface area contributed by atoms with E-state index in [2.05, 4.69) is 66.0 Å². The predicted molar refractivity (Wildman–Crippen MR) is 189 cm³/mol. The molecule has 2 aromatic heterocycles. The third-order valence-corrected chi connectivity index (χ3v) is 9.29. The summed E-state index contributed by atoms with van der Waals surface area (Å²) in [5.41, 5.74) is 8.12. The van der Waals surface area contributed by atoms with E-state index in [9.17, 15) is 0 Å². The standard InChI is InChI=1S/C21H22NSi.C20H18N.Ir/c1-23(2,3)21-16-22-20(18-12-8-5-9-13-18)15-19(21)14-17-10-6-4-7-11-17;1-15(2)17-11-12-21-20(14-17)19-10-6-9-18(13-19)16-7-4-3-5-8-16;/h4-12,15-16H,14H2,1-3H3;3-9,11-15H,1-2H3;/q2*-1;/i14D2;15D;. The van der Waals surface area contributed by atoms with Crippen molar-refractivity contribution in [3.63, 3.8) is 0 Å². The van der Waals surface area contributed by atoms with Crippen LogP contribution < -0.4 is 5.19 Å². The van der Waals surface area contributed by atoms with Crippen molar-refractivity contribution >= 4 is 13.3 Å². The van der Waals surface area contributed by atoms with Crippen LogP contribution in [0.1, 0.15) is 40.5 Å². The van der Waals surface area contributed by atoms with Gasteiger partial charge in [-0.3, -0.25) is 0 Å². The molecule has 6 aromatic rings. The van der Waals surface area contributed by atoms with Crippen LogP contribution in [-0.4, -0.2) is 18.0 Å². The maximum Gasteiger partial charge on any atom is 0.0799 e. The van der Waals surface area contributed by atoms with E-state index in [1.807, 2.05) is 117 Å². The van der Waals surface area contributed by atoms with Crippen molar-refractivity contribution in [3.8, 4) is 33.6 Å². The van der Waals surface area contributed by atoms with Crippen molar-refractivity contribution in [1.29, 1.82) is 0 Å². The first-order valence-corrected chi connectivity index (χ1v) is 18.4. The molecule has 229 valence electrons. The normalized spacial score (nSPS) is 12.4. The van der Waals surface area contributed by atoms with Crippen molar-refractivity contribution in [2.24, 2.45) is 0 Å². The molecule has 4 aromatic carbocycles. The largest absolute Gasteiger partial charge is 0.305 e. The van der Waals surface area contributed by atoms with E-state index in [1.54, 1.807) is 6.20 Å². The summed E-state index contributed by atoms with van der Waals surface area (Å²) in [5, 5.41) is 1.06. The summed E-state index contributed by atoms with van der Waals surface area (Å²) in [7, 11) is -1.76. The minimum Gasteiger partial charge on any atom is -0.305 e. The van der Waals surface area contributed by atoms with Gasteiger partial charge >= 0.3 is 0 Å². The molecule has 4 heteroatoms. The Balaban J connectivity index is 0.000000214. The monoisotopic (exact) mass is 784 g/mol. The number of benzene rings is 4. The molecule has 0 atom stereocenters. The zero-order chi connectivity index (χ0) is 33.7. The predicted octanol–water partition coefficient (Wildman–Crippen LogP) is 10.0. The van der Waals surface area contributed by atoms with Gasteiger partial charge < -0.3 is 9.97 Å². The van der Waals surface area contributed by atoms with Gasteiger partial charge in [0.1, 0.15) is 0 Å². The van der Waals surface area contributed by atoms with Gasteiger partial charge in [0.25, 0.3) is 0 Å². The molecular weight excluding hydrogens is 741 g/mol. The van der Waals surface area contributed by atoms with Crippen LogP contribution in [0, 0.1) is 12.1 Å². The van der Waals surface area contributed by atoms with Gasteiger partial charge in [0.2, 0.25) is 0 Å². The fourth-order valence-electron chi connectivity index (χ4n) is 4.85. The van der Waals surface area contributed by atoms with E-state index in [0.29, 0.717) is 5.56 Å². The molecular formula is C41H40IrN2Si-2. The van der Waals surface area contributed by atoms with Crippen LogP contribution in [0.25, 0.3) is 33.6 Å². The van der Waals surface area contributed by atoms with E-state index in [0.717, 1.165) is 44.4 Å². The molecule has 45 heavy (non-hydrogen) atoms. The number of pyridine rings is 2. The van der Waals surface area contributed by atoms with Crippen LogP contribution in [0.2, 0.25) is 19.6 Å². The number of aromatic nitrogens is 2. The van der Waals surface area contributed by atoms with Crippen molar-refractivity contribution < 1.29 is 24.2 Å². The van der Waals surface area contributed by atoms with Gasteiger partial charge in [0.05, 0.1) is 8.07 Å². The second-order valence-corrected chi connectivity index (χ2v) is 17.0. The Morgan fingerprint density at radius 2 is 1.38 bits per heavy atom. The minimum absolute atomic E-state index is 0. The first-order valence-electron chi connectivity index (χ1n) is 16.4. The smallest absolute Gasteiger partial charge is 0.0799 e. The Bertz CT molecular complexity index is 1920. The summed E-state index contributed by atoms with van der Waals surface area (Å²) in [6, 6.07) is 45.6. The summed E-state index contributed by atoms with van der Waals surface area (Å²) in [6.07, 6.45) is 2.08. The van der Waals surface area contributed by atoms with Crippen LogP contribution in [0.15, 0.2) is 134 Å². The first kappa shape index (κ1) is 29.7. The molecule has 0 aliphatic carbocycles. The number of hydrogen-bond donors (Lipinski definition) is 0. The molecule has 2 nitrogen and oxygen atoms in total. The van der Waals surface area contributed by atoms with Gasteiger partial charge in [0.15, 0.2) is 0 Å². The van der Waals surface area contributed by atoms with E-state index < -0.39 is 20.3 Å². The average molecular weight is 784 g/mol. The number of nitrogens with zero attached hydrogens (tertiary/aromatic N) is 2. The molecule has 0 saturated heterocycles. The Hall–Kier alpha value is -3.95. The zero-order valence-electron chi connectivity index (χ0n) is 29.4. The van der Waals surface area contributed by atoms with E-state index in [4.69, 9.17) is 4.11 Å². The minimum atomic E-state index is -1.76. The van der Waals surface area contributed by atoms with E-state index in [-0.39, 0.29) is 20.1 Å². The third kappa shape index (κ3) is 9.28. The van der Waals surface area contributed by atoms with E-state index in [1.165, 1.54) is 5.56 Å². The summed E-state index contributed by atoms with van der Waals surface area (Å²) >= 11 is 0. The second kappa shape index (κ2) is 15.9. The Morgan fingerprint density at radius 3 is 2.04 bits per heavy atom. The molecule has 2 heterocycles. The number of rotatable bonds is 7.